The van der Waals surface area contributed by atoms with Gasteiger partial charge in [0.25, 0.3) is 0 Å². The third kappa shape index (κ3) is 2.78. The van der Waals surface area contributed by atoms with Crippen LogP contribution in [0.5, 0.6) is 0 Å². The molecule has 23 heavy (non-hydrogen) atoms. The molecule has 3 rings (SSSR count). The third-order valence-corrected chi connectivity index (χ3v) is 4.14. The molecule has 0 bridgehead atoms. The molecule has 1 aliphatic heterocycles. The summed E-state index contributed by atoms with van der Waals surface area (Å²) in [5.74, 6) is 0. The van der Waals surface area contributed by atoms with Gasteiger partial charge in [-0.1, -0.05) is 67.8 Å². The lowest BCUT2D eigenvalue weighted by atomic mass is 10.0. The number of fused-ring (bicyclic) bond motifs is 1. The molecule has 2 aromatic carbocycles. The Morgan fingerprint density at radius 2 is 1.87 bits per heavy atom. The molecule has 0 saturated heterocycles. The van der Waals surface area contributed by atoms with Gasteiger partial charge in [0, 0.05) is 16.8 Å². The van der Waals surface area contributed by atoms with Crippen LogP contribution in [0.15, 0.2) is 103 Å². The zero-order chi connectivity index (χ0) is 16.2. The molecule has 0 saturated carbocycles. The summed E-state index contributed by atoms with van der Waals surface area (Å²) >= 11 is 0. The number of hydrogen-bond acceptors (Lipinski definition) is 1. The van der Waals surface area contributed by atoms with E-state index in [2.05, 4.69) is 91.8 Å². The lowest BCUT2D eigenvalue weighted by Gasteiger charge is -2.29. The van der Waals surface area contributed by atoms with E-state index in [0.29, 0.717) is 0 Å². The minimum atomic E-state index is 0.899. The maximum Gasteiger partial charge on any atom is 0.0539 e. The topological polar surface area (TPSA) is 3.24 Å². The molecular weight excluding hydrogens is 278 g/mol. The molecule has 0 aromatic heterocycles. The number of allylic oxidation sites excluding steroid dienone is 6. The third-order valence-electron chi connectivity index (χ3n) is 4.14. The summed E-state index contributed by atoms with van der Waals surface area (Å²) in [6.07, 6.45) is 11.2. The van der Waals surface area contributed by atoms with Crippen molar-refractivity contribution >= 4 is 16.5 Å². The maximum atomic E-state index is 4.28. The van der Waals surface area contributed by atoms with Crippen molar-refractivity contribution in [2.45, 2.75) is 13.3 Å². The highest BCUT2D eigenvalue weighted by atomic mass is 15.2. The quantitative estimate of drug-likeness (QED) is 0.644. The average Bonchev–Trinajstić information content (AvgIpc) is 2.73. The van der Waals surface area contributed by atoms with Crippen molar-refractivity contribution < 1.29 is 0 Å². The molecule has 2 aromatic rings. The molecule has 1 aliphatic rings. The molecule has 114 valence electrons. The van der Waals surface area contributed by atoms with Crippen LogP contribution in [-0.4, -0.2) is 0 Å². The lowest BCUT2D eigenvalue weighted by molar-refractivity contribution is 1.10. The Balaban J connectivity index is 2.28. The molecular formula is C22H21N. The van der Waals surface area contributed by atoms with Crippen molar-refractivity contribution in [3.8, 4) is 0 Å². The highest BCUT2D eigenvalue weighted by Crippen LogP contribution is 2.36. The number of nitrogens with zero attached hydrogens (tertiary/aromatic N) is 1. The highest BCUT2D eigenvalue weighted by molar-refractivity contribution is 5.96. The van der Waals surface area contributed by atoms with Gasteiger partial charge in [-0.2, -0.15) is 0 Å². The van der Waals surface area contributed by atoms with E-state index in [1.165, 1.54) is 16.3 Å². The predicted molar refractivity (Wildman–Crippen MR) is 101 cm³/mol. The van der Waals surface area contributed by atoms with Crippen molar-refractivity contribution in [3.05, 3.63) is 103 Å². The second-order valence-electron chi connectivity index (χ2n) is 5.53. The molecule has 0 unspecified atom stereocenters. The summed E-state index contributed by atoms with van der Waals surface area (Å²) in [4.78, 5) is 2.23. The van der Waals surface area contributed by atoms with Crippen LogP contribution in [0.2, 0.25) is 0 Å². The minimum absolute atomic E-state index is 0.899. The van der Waals surface area contributed by atoms with Crippen molar-refractivity contribution in [3.63, 3.8) is 0 Å². The molecule has 0 spiro atoms. The Morgan fingerprint density at radius 3 is 2.65 bits per heavy atom. The van der Waals surface area contributed by atoms with Gasteiger partial charge in [-0.05, 0) is 42.5 Å². The summed E-state index contributed by atoms with van der Waals surface area (Å²) in [5.41, 5.74) is 4.51. The van der Waals surface area contributed by atoms with Gasteiger partial charge in [-0.25, -0.2) is 0 Å². The average molecular weight is 299 g/mol. The van der Waals surface area contributed by atoms with E-state index in [9.17, 15) is 0 Å². The van der Waals surface area contributed by atoms with Gasteiger partial charge in [0.05, 0.1) is 5.69 Å². The first-order chi connectivity index (χ1) is 11.3. The smallest absolute Gasteiger partial charge is 0.0539 e. The molecule has 0 amide bonds. The van der Waals surface area contributed by atoms with Crippen LogP contribution in [0.25, 0.3) is 10.8 Å². The fraction of sp³-hybridized carbons (Fsp3) is 0.0909. The number of rotatable bonds is 2. The maximum absolute atomic E-state index is 4.28. The fourth-order valence-corrected chi connectivity index (χ4v) is 3.05. The largest absolute Gasteiger partial charge is 0.310 e. The molecule has 0 N–H and O–H groups in total. The highest BCUT2D eigenvalue weighted by Gasteiger charge is 2.20. The monoisotopic (exact) mass is 299 g/mol. The van der Waals surface area contributed by atoms with Crippen LogP contribution < -0.4 is 4.90 Å². The second kappa shape index (κ2) is 6.53. The Labute approximate surface area is 138 Å². The molecule has 0 radical (unpaired) electrons. The summed E-state index contributed by atoms with van der Waals surface area (Å²) in [5, 5.41) is 2.45. The normalized spacial score (nSPS) is 18.7. The van der Waals surface area contributed by atoms with Gasteiger partial charge < -0.3 is 4.90 Å². The minimum Gasteiger partial charge on any atom is -0.310 e. The number of benzene rings is 2. The van der Waals surface area contributed by atoms with Crippen LogP contribution >= 0.6 is 0 Å². The number of anilines is 1. The van der Waals surface area contributed by atoms with Gasteiger partial charge in [0.2, 0.25) is 0 Å². The zero-order valence-electron chi connectivity index (χ0n) is 13.5. The van der Waals surface area contributed by atoms with E-state index >= 15 is 0 Å². The van der Waals surface area contributed by atoms with Gasteiger partial charge in [0.15, 0.2) is 0 Å². The first-order valence-electron chi connectivity index (χ1n) is 7.88. The Hall–Kier alpha value is -2.80. The molecule has 0 fully saturated rings. The Kier molecular flexibility index (Phi) is 4.29. The van der Waals surface area contributed by atoms with Crippen molar-refractivity contribution in [1.82, 2.24) is 0 Å². The second-order valence-corrected chi connectivity index (χ2v) is 5.53. The van der Waals surface area contributed by atoms with Crippen LogP contribution in [0, 0.1) is 0 Å². The van der Waals surface area contributed by atoms with Crippen LogP contribution in [0.1, 0.15) is 13.3 Å². The van der Waals surface area contributed by atoms with Crippen LogP contribution in [-0.2, 0) is 0 Å². The van der Waals surface area contributed by atoms with Crippen LogP contribution in [0.3, 0.4) is 0 Å². The van der Waals surface area contributed by atoms with Crippen molar-refractivity contribution in [2.24, 2.45) is 0 Å². The SMILES string of the molecule is C=C/C=C1\C(=C/C)CC=CC(=C)N1c1cccc2ccccc12. The van der Waals surface area contributed by atoms with Crippen LogP contribution in [0.4, 0.5) is 5.69 Å². The van der Waals surface area contributed by atoms with E-state index in [1.807, 2.05) is 6.08 Å². The molecule has 1 heterocycles. The predicted octanol–water partition coefficient (Wildman–Crippen LogP) is 6.14. The Morgan fingerprint density at radius 1 is 1.09 bits per heavy atom. The summed E-state index contributed by atoms with van der Waals surface area (Å²) in [6, 6.07) is 14.8. The van der Waals surface area contributed by atoms with E-state index in [0.717, 1.165) is 23.5 Å². The van der Waals surface area contributed by atoms with E-state index < -0.39 is 0 Å². The van der Waals surface area contributed by atoms with E-state index in [4.69, 9.17) is 0 Å². The lowest BCUT2D eigenvalue weighted by Crippen LogP contribution is -2.20. The van der Waals surface area contributed by atoms with Gasteiger partial charge in [0.1, 0.15) is 0 Å². The van der Waals surface area contributed by atoms with Gasteiger partial charge >= 0.3 is 0 Å². The van der Waals surface area contributed by atoms with Crippen molar-refractivity contribution in [2.75, 3.05) is 4.90 Å². The van der Waals surface area contributed by atoms with E-state index in [-0.39, 0.29) is 0 Å². The fourth-order valence-electron chi connectivity index (χ4n) is 3.05. The standard InChI is InChI=1S/C22H21N/c1-4-10-21-18(5-2)13-8-11-17(3)23(21)22-16-9-14-19-12-6-7-15-20(19)22/h4-12,14-16H,1,3,13H2,2H3/b18-5-,21-10+. The van der Waals surface area contributed by atoms with E-state index in [1.54, 1.807) is 0 Å². The first-order valence-corrected chi connectivity index (χ1v) is 7.88. The summed E-state index contributed by atoms with van der Waals surface area (Å²) < 4.78 is 0. The zero-order valence-corrected chi connectivity index (χ0v) is 13.5. The Bertz CT molecular complexity index is 844. The molecule has 1 heteroatoms. The van der Waals surface area contributed by atoms with Gasteiger partial charge in [-0.15, -0.1) is 0 Å². The molecule has 1 nitrogen and oxygen atoms in total. The van der Waals surface area contributed by atoms with Gasteiger partial charge in [-0.3, -0.25) is 0 Å². The summed E-state index contributed by atoms with van der Waals surface area (Å²) in [6.45, 7) is 10.2. The van der Waals surface area contributed by atoms with Crippen molar-refractivity contribution in [1.29, 1.82) is 0 Å². The first kappa shape index (κ1) is 15.1. The summed E-state index contributed by atoms with van der Waals surface area (Å²) in [7, 11) is 0. The number of hydrogen-bond donors (Lipinski definition) is 0. The molecule has 0 aliphatic carbocycles. The molecule has 0 atom stereocenters.